The number of para-hydroxylation sites is 2. The molecule has 0 aliphatic carbocycles. The van der Waals surface area contributed by atoms with Crippen LogP contribution in [0.15, 0.2) is 71.8 Å². The molecule has 0 fully saturated rings. The minimum atomic E-state index is -3.69. The van der Waals surface area contributed by atoms with E-state index in [2.05, 4.69) is 20.0 Å². The van der Waals surface area contributed by atoms with Crippen LogP contribution < -0.4 is 10.0 Å². The molecule has 0 saturated carbocycles. The highest BCUT2D eigenvalue weighted by atomic mass is 35.5. The lowest BCUT2D eigenvalue weighted by atomic mass is 10.3. The van der Waals surface area contributed by atoms with Crippen molar-refractivity contribution in [2.45, 2.75) is 4.90 Å². The second-order valence-corrected chi connectivity index (χ2v) is 6.82. The van der Waals surface area contributed by atoms with Crippen LogP contribution >= 0.6 is 11.6 Å². The molecule has 0 atom stereocenters. The van der Waals surface area contributed by atoms with Gasteiger partial charge in [0.05, 0.1) is 16.3 Å². The van der Waals surface area contributed by atoms with E-state index in [1.165, 1.54) is 18.3 Å². The van der Waals surface area contributed by atoms with Crippen LogP contribution in [-0.2, 0) is 10.0 Å². The minimum Gasteiger partial charge on any atom is -0.338 e. The summed E-state index contributed by atoms with van der Waals surface area (Å²) in [5.41, 5.74) is 0.947. The largest absolute Gasteiger partial charge is 0.338 e. The number of hydrogen-bond donors (Lipinski definition) is 2. The Morgan fingerprint density at radius 1 is 0.875 bits per heavy atom. The highest BCUT2D eigenvalue weighted by molar-refractivity contribution is 7.92. The summed E-state index contributed by atoms with van der Waals surface area (Å²) in [7, 11) is -3.69. The van der Waals surface area contributed by atoms with E-state index < -0.39 is 10.0 Å². The van der Waals surface area contributed by atoms with Gasteiger partial charge in [0, 0.05) is 6.20 Å². The number of hydrogen-bond acceptors (Lipinski definition) is 5. The van der Waals surface area contributed by atoms with Crippen molar-refractivity contribution in [1.29, 1.82) is 0 Å². The fraction of sp³-hybridized carbons (Fsp3) is 0. The van der Waals surface area contributed by atoms with Gasteiger partial charge in [-0.2, -0.15) is 0 Å². The number of nitrogens with zero attached hydrogens (tertiary/aromatic N) is 2. The predicted octanol–water partition coefficient (Wildman–Crippen LogP) is 3.67. The fourth-order valence-corrected chi connectivity index (χ4v) is 3.28. The molecular formula is C16H13ClN4O2S. The lowest BCUT2D eigenvalue weighted by molar-refractivity contribution is 0.601. The third-order valence-electron chi connectivity index (χ3n) is 3.11. The molecule has 0 unspecified atom stereocenters. The highest BCUT2D eigenvalue weighted by Crippen LogP contribution is 2.27. The Kier molecular flexibility index (Phi) is 4.64. The number of nitrogens with one attached hydrogen (secondary N) is 2. The zero-order chi connectivity index (χ0) is 17.0. The first-order valence-electron chi connectivity index (χ1n) is 6.97. The molecular weight excluding hydrogens is 348 g/mol. The van der Waals surface area contributed by atoms with E-state index in [1.807, 2.05) is 0 Å². The molecule has 2 aromatic carbocycles. The van der Waals surface area contributed by atoms with Crippen LogP contribution in [0.4, 0.5) is 17.2 Å². The zero-order valence-corrected chi connectivity index (χ0v) is 13.9. The molecule has 0 aliphatic heterocycles. The van der Waals surface area contributed by atoms with E-state index in [0.29, 0.717) is 17.2 Å². The first kappa shape index (κ1) is 16.2. The van der Waals surface area contributed by atoms with Crippen molar-refractivity contribution in [2.75, 3.05) is 10.0 Å². The van der Waals surface area contributed by atoms with Crippen molar-refractivity contribution < 1.29 is 8.42 Å². The summed E-state index contributed by atoms with van der Waals surface area (Å²) in [4.78, 5) is 8.02. The Morgan fingerprint density at radius 3 is 2.25 bits per heavy atom. The van der Waals surface area contributed by atoms with Crippen LogP contribution in [0.5, 0.6) is 0 Å². The van der Waals surface area contributed by atoms with Gasteiger partial charge in [-0.25, -0.2) is 18.4 Å². The third-order valence-corrected chi connectivity index (χ3v) is 4.68. The second kappa shape index (κ2) is 6.86. The topological polar surface area (TPSA) is 84.0 Å². The fourth-order valence-electron chi connectivity index (χ4n) is 2.03. The first-order valence-corrected chi connectivity index (χ1v) is 8.83. The molecule has 0 aliphatic rings. The molecule has 0 bridgehead atoms. The average molecular weight is 361 g/mol. The van der Waals surface area contributed by atoms with E-state index >= 15 is 0 Å². The summed E-state index contributed by atoms with van der Waals surface area (Å²) in [6.45, 7) is 0. The maximum atomic E-state index is 12.5. The lowest BCUT2D eigenvalue weighted by Gasteiger charge is -2.13. The van der Waals surface area contributed by atoms with E-state index in [0.717, 1.165) is 0 Å². The summed E-state index contributed by atoms with van der Waals surface area (Å²) in [5.74, 6) is 0.460. The van der Waals surface area contributed by atoms with Crippen molar-refractivity contribution >= 4 is 38.8 Å². The van der Waals surface area contributed by atoms with Crippen LogP contribution in [0.2, 0.25) is 5.28 Å². The Labute approximate surface area is 144 Å². The van der Waals surface area contributed by atoms with E-state index in [9.17, 15) is 8.42 Å². The molecule has 1 heterocycles. The van der Waals surface area contributed by atoms with Gasteiger partial charge in [0.2, 0.25) is 5.28 Å². The zero-order valence-electron chi connectivity index (χ0n) is 12.3. The molecule has 2 N–H and O–H groups in total. The summed E-state index contributed by atoms with van der Waals surface area (Å²) >= 11 is 5.76. The maximum absolute atomic E-state index is 12.5. The van der Waals surface area contributed by atoms with Gasteiger partial charge in [0.15, 0.2) is 0 Å². The van der Waals surface area contributed by atoms with Gasteiger partial charge in [-0.3, -0.25) is 4.72 Å². The van der Waals surface area contributed by atoms with Crippen LogP contribution in [0.25, 0.3) is 0 Å². The van der Waals surface area contributed by atoms with Gasteiger partial charge in [-0.1, -0.05) is 30.3 Å². The molecule has 122 valence electrons. The summed E-state index contributed by atoms with van der Waals surface area (Å²) < 4.78 is 27.5. The van der Waals surface area contributed by atoms with Gasteiger partial charge in [0.25, 0.3) is 10.0 Å². The molecule has 0 saturated heterocycles. The summed E-state index contributed by atoms with van der Waals surface area (Å²) in [5, 5.41) is 3.12. The molecule has 1 aromatic heterocycles. The second-order valence-electron chi connectivity index (χ2n) is 4.80. The van der Waals surface area contributed by atoms with E-state index in [4.69, 9.17) is 11.6 Å². The predicted molar refractivity (Wildman–Crippen MR) is 94.0 cm³/mol. The number of aromatic nitrogens is 2. The van der Waals surface area contributed by atoms with Gasteiger partial charge in [0.1, 0.15) is 5.82 Å². The number of sulfonamides is 1. The SMILES string of the molecule is O=S(=O)(Nc1ccccc1Nc1ccnc(Cl)n1)c1ccccc1. The van der Waals surface area contributed by atoms with Gasteiger partial charge in [-0.05, 0) is 41.9 Å². The maximum Gasteiger partial charge on any atom is 0.261 e. The Balaban J connectivity index is 1.90. The smallest absolute Gasteiger partial charge is 0.261 e. The number of benzene rings is 2. The summed E-state index contributed by atoms with van der Waals surface area (Å²) in [6.07, 6.45) is 1.51. The normalized spacial score (nSPS) is 11.0. The Hall–Kier alpha value is -2.64. The number of rotatable bonds is 5. The minimum absolute atomic E-state index is 0.0994. The average Bonchev–Trinajstić information content (AvgIpc) is 2.57. The summed E-state index contributed by atoms with van der Waals surface area (Å²) in [6, 6.07) is 16.7. The molecule has 8 heteroatoms. The van der Waals surface area contributed by atoms with Crippen LogP contribution in [-0.4, -0.2) is 18.4 Å². The van der Waals surface area contributed by atoms with Crippen LogP contribution in [0.1, 0.15) is 0 Å². The Morgan fingerprint density at radius 2 is 1.54 bits per heavy atom. The lowest BCUT2D eigenvalue weighted by Crippen LogP contribution is -2.14. The monoisotopic (exact) mass is 360 g/mol. The first-order chi connectivity index (χ1) is 11.5. The van der Waals surface area contributed by atoms with Crippen molar-refractivity contribution in [3.63, 3.8) is 0 Å². The third kappa shape index (κ3) is 3.81. The van der Waals surface area contributed by atoms with Crippen molar-refractivity contribution in [2.24, 2.45) is 0 Å². The molecule has 0 amide bonds. The molecule has 24 heavy (non-hydrogen) atoms. The van der Waals surface area contributed by atoms with Crippen molar-refractivity contribution in [1.82, 2.24) is 9.97 Å². The van der Waals surface area contributed by atoms with Crippen LogP contribution in [0.3, 0.4) is 0 Å². The number of anilines is 3. The van der Waals surface area contributed by atoms with Crippen molar-refractivity contribution in [3.05, 3.63) is 72.1 Å². The quantitative estimate of drug-likeness (QED) is 0.678. The standard InChI is InChI=1S/C16H13ClN4O2S/c17-16-18-11-10-15(20-16)19-13-8-4-5-9-14(13)21-24(22,23)12-6-2-1-3-7-12/h1-11,21H,(H,18,19,20). The van der Waals surface area contributed by atoms with E-state index in [1.54, 1.807) is 48.5 Å². The molecule has 0 radical (unpaired) electrons. The van der Waals surface area contributed by atoms with Gasteiger partial charge < -0.3 is 5.32 Å². The molecule has 3 rings (SSSR count). The van der Waals surface area contributed by atoms with Crippen LogP contribution in [0, 0.1) is 0 Å². The molecule has 3 aromatic rings. The Bertz CT molecular complexity index is 949. The molecule has 0 spiro atoms. The highest BCUT2D eigenvalue weighted by Gasteiger charge is 2.15. The van der Waals surface area contributed by atoms with Gasteiger partial charge in [-0.15, -0.1) is 0 Å². The number of halogens is 1. The van der Waals surface area contributed by atoms with E-state index in [-0.39, 0.29) is 10.2 Å². The van der Waals surface area contributed by atoms with Crippen molar-refractivity contribution in [3.8, 4) is 0 Å². The molecule has 6 nitrogen and oxygen atoms in total. The van der Waals surface area contributed by atoms with Gasteiger partial charge >= 0.3 is 0 Å².